The molecule has 0 aromatic carbocycles. The fraction of sp³-hybridized carbons (Fsp3) is 0.333. The van der Waals surface area contributed by atoms with Crippen LogP contribution in [0.3, 0.4) is 0 Å². The normalized spacial score (nSPS) is 16.4. The molecular formula is C18H20N4O3. The van der Waals surface area contributed by atoms with Gasteiger partial charge in [0.25, 0.3) is 11.8 Å². The van der Waals surface area contributed by atoms with Crippen LogP contribution in [0.5, 0.6) is 0 Å². The van der Waals surface area contributed by atoms with Crippen LogP contribution < -0.4 is 10.6 Å². The third-order valence-electron chi connectivity index (χ3n) is 3.97. The average molecular weight is 340 g/mol. The van der Waals surface area contributed by atoms with Crippen LogP contribution in [0.2, 0.25) is 0 Å². The number of hydrogen-bond acceptors (Lipinski definition) is 5. The highest BCUT2D eigenvalue weighted by Gasteiger charge is 2.17. The van der Waals surface area contributed by atoms with Gasteiger partial charge >= 0.3 is 0 Å². The van der Waals surface area contributed by atoms with E-state index in [-0.39, 0.29) is 23.6 Å². The minimum atomic E-state index is -0.306. The summed E-state index contributed by atoms with van der Waals surface area (Å²) in [6.45, 7) is 1.59. The molecular weight excluding hydrogens is 320 g/mol. The van der Waals surface area contributed by atoms with E-state index < -0.39 is 0 Å². The second-order valence-electron chi connectivity index (χ2n) is 5.81. The van der Waals surface area contributed by atoms with Gasteiger partial charge in [0.15, 0.2) is 0 Å². The van der Waals surface area contributed by atoms with Crippen LogP contribution in [0.25, 0.3) is 0 Å². The Morgan fingerprint density at radius 2 is 1.96 bits per heavy atom. The van der Waals surface area contributed by atoms with Crippen molar-refractivity contribution in [2.24, 2.45) is 0 Å². The van der Waals surface area contributed by atoms with Crippen molar-refractivity contribution in [3.05, 3.63) is 59.7 Å². The van der Waals surface area contributed by atoms with Crippen LogP contribution in [0.15, 0.2) is 42.9 Å². The molecule has 1 aliphatic heterocycles. The smallest absolute Gasteiger partial charge is 0.269 e. The van der Waals surface area contributed by atoms with E-state index in [1.54, 1.807) is 18.5 Å². The second-order valence-corrected chi connectivity index (χ2v) is 5.81. The predicted octanol–water partition coefficient (Wildman–Crippen LogP) is 1.32. The first-order chi connectivity index (χ1) is 12.2. The fourth-order valence-corrected chi connectivity index (χ4v) is 2.58. The summed E-state index contributed by atoms with van der Waals surface area (Å²) >= 11 is 0. The molecule has 0 radical (unpaired) electrons. The summed E-state index contributed by atoms with van der Waals surface area (Å²) in [6.07, 6.45) is 6.84. The lowest BCUT2D eigenvalue weighted by Crippen LogP contribution is -2.32. The van der Waals surface area contributed by atoms with Gasteiger partial charge in [0.2, 0.25) is 0 Å². The molecule has 2 amide bonds. The predicted molar refractivity (Wildman–Crippen MR) is 91.0 cm³/mol. The Kier molecular flexibility index (Phi) is 5.69. The van der Waals surface area contributed by atoms with Crippen molar-refractivity contribution in [2.75, 3.05) is 13.2 Å². The van der Waals surface area contributed by atoms with Gasteiger partial charge < -0.3 is 15.4 Å². The number of aromatic nitrogens is 2. The first-order valence-electron chi connectivity index (χ1n) is 8.25. The Morgan fingerprint density at radius 1 is 1.12 bits per heavy atom. The monoisotopic (exact) mass is 340 g/mol. The lowest BCUT2D eigenvalue weighted by Gasteiger charge is -2.11. The van der Waals surface area contributed by atoms with Crippen molar-refractivity contribution < 1.29 is 14.3 Å². The summed E-state index contributed by atoms with van der Waals surface area (Å²) in [7, 11) is 0. The lowest BCUT2D eigenvalue weighted by atomic mass is 10.2. The maximum Gasteiger partial charge on any atom is 0.269 e. The number of nitrogens with zero attached hydrogens (tertiary/aromatic N) is 2. The number of hydrogen-bond donors (Lipinski definition) is 2. The Balaban J connectivity index is 1.56. The summed E-state index contributed by atoms with van der Waals surface area (Å²) in [5.74, 6) is -0.563. The van der Waals surface area contributed by atoms with Gasteiger partial charge in [0.05, 0.1) is 6.10 Å². The zero-order chi connectivity index (χ0) is 17.5. The molecule has 1 aliphatic rings. The molecule has 1 saturated heterocycles. The first-order valence-corrected chi connectivity index (χ1v) is 8.25. The van der Waals surface area contributed by atoms with E-state index in [0.29, 0.717) is 18.7 Å². The van der Waals surface area contributed by atoms with Crippen molar-refractivity contribution >= 4 is 11.8 Å². The molecule has 3 rings (SSSR count). The van der Waals surface area contributed by atoms with Gasteiger partial charge in [0, 0.05) is 43.9 Å². The number of carbonyl (C=O) groups is 2. The third kappa shape index (κ3) is 4.84. The zero-order valence-electron chi connectivity index (χ0n) is 13.8. The molecule has 0 aliphatic carbocycles. The molecule has 2 aromatic heterocycles. The van der Waals surface area contributed by atoms with Gasteiger partial charge in [-0.3, -0.25) is 19.6 Å². The highest BCUT2D eigenvalue weighted by molar-refractivity contribution is 5.98. The number of ether oxygens (including phenoxy) is 1. The number of carbonyl (C=O) groups excluding carboxylic acids is 2. The van der Waals surface area contributed by atoms with Crippen LogP contribution in [-0.4, -0.2) is 41.0 Å². The topological polar surface area (TPSA) is 93.2 Å². The average Bonchev–Trinajstić information content (AvgIpc) is 3.18. The summed E-state index contributed by atoms with van der Waals surface area (Å²) in [5, 5.41) is 5.61. The van der Waals surface area contributed by atoms with Crippen LogP contribution in [0.4, 0.5) is 0 Å². The van der Waals surface area contributed by atoms with Gasteiger partial charge in [0.1, 0.15) is 5.69 Å². The Morgan fingerprint density at radius 3 is 2.72 bits per heavy atom. The number of pyridine rings is 2. The van der Waals surface area contributed by atoms with E-state index in [4.69, 9.17) is 4.74 Å². The molecule has 1 atom stereocenters. The van der Waals surface area contributed by atoms with Gasteiger partial charge in [-0.1, -0.05) is 0 Å². The second kappa shape index (κ2) is 8.34. The molecule has 130 valence electrons. The van der Waals surface area contributed by atoms with Gasteiger partial charge in [-0.15, -0.1) is 0 Å². The lowest BCUT2D eigenvalue weighted by molar-refractivity contribution is 0.0853. The van der Waals surface area contributed by atoms with Crippen LogP contribution >= 0.6 is 0 Å². The SMILES string of the molecule is O=C(NCc1ccncc1)c1ccnc(C(=O)NCC2CCCO2)c1. The molecule has 3 heterocycles. The summed E-state index contributed by atoms with van der Waals surface area (Å²) < 4.78 is 5.47. The quantitative estimate of drug-likeness (QED) is 0.827. The fourth-order valence-electron chi connectivity index (χ4n) is 2.58. The maximum absolute atomic E-state index is 12.3. The molecule has 0 bridgehead atoms. The number of amides is 2. The molecule has 1 unspecified atom stereocenters. The van der Waals surface area contributed by atoms with E-state index in [0.717, 1.165) is 25.0 Å². The van der Waals surface area contributed by atoms with Crippen molar-refractivity contribution in [3.63, 3.8) is 0 Å². The molecule has 2 aromatic rings. The van der Waals surface area contributed by atoms with Gasteiger partial charge in [-0.25, -0.2) is 0 Å². The molecule has 0 saturated carbocycles. The van der Waals surface area contributed by atoms with Crippen molar-refractivity contribution in [3.8, 4) is 0 Å². The van der Waals surface area contributed by atoms with E-state index in [1.807, 2.05) is 12.1 Å². The zero-order valence-corrected chi connectivity index (χ0v) is 13.8. The highest BCUT2D eigenvalue weighted by Crippen LogP contribution is 2.11. The summed E-state index contributed by atoms with van der Waals surface area (Å²) in [4.78, 5) is 32.4. The molecule has 25 heavy (non-hydrogen) atoms. The molecule has 0 spiro atoms. The number of nitrogens with one attached hydrogen (secondary N) is 2. The Labute approximate surface area is 145 Å². The van der Waals surface area contributed by atoms with E-state index >= 15 is 0 Å². The summed E-state index contributed by atoms with van der Waals surface area (Å²) in [5.41, 5.74) is 1.56. The van der Waals surface area contributed by atoms with E-state index in [2.05, 4.69) is 20.6 Å². The molecule has 7 nitrogen and oxygen atoms in total. The number of rotatable bonds is 6. The third-order valence-corrected chi connectivity index (χ3v) is 3.97. The summed E-state index contributed by atoms with van der Waals surface area (Å²) in [6, 6.07) is 6.74. The maximum atomic E-state index is 12.3. The van der Waals surface area contributed by atoms with Crippen LogP contribution in [0.1, 0.15) is 39.3 Å². The molecule has 7 heteroatoms. The Bertz CT molecular complexity index is 730. The van der Waals surface area contributed by atoms with Gasteiger partial charge in [-0.2, -0.15) is 0 Å². The van der Waals surface area contributed by atoms with Crippen LogP contribution in [-0.2, 0) is 11.3 Å². The van der Waals surface area contributed by atoms with Gasteiger partial charge in [-0.05, 0) is 42.7 Å². The largest absolute Gasteiger partial charge is 0.376 e. The van der Waals surface area contributed by atoms with Crippen molar-refractivity contribution in [1.29, 1.82) is 0 Å². The first kappa shape index (κ1) is 17.0. The Hall–Kier alpha value is -2.80. The minimum Gasteiger partial charge on any atom is -0.376 e. The molecule has 2 N–H and O–H groups in total. The minimum absolute atomic E-state index is 0.0655. The van der Waals surface area contributed by atoms with Crippen molar-refractivity contribution in [2.45, 2.75) is 25.5 Å². The highest BCUT2D eigenvalue weighted by atomic mass is 16.5. The van der Waals surface area contributed by atoms with E-state index in [9.17, 15) is 9.59 Å². The van der Waals surface area contributed by atoms with Crippen molar-refractivity contribution in [1.82, 2.24) is 20.6 Å². The molecule has 1 fully saturated rings. The van der Waals surface area contributed by atoms with E-state index in [1.165, 1.54) is 12.3 Å². The standard InChI is InChI=1S/C18H20N4O3/c23-17(21-11-13-3-6-19-7-4-13)14-5-8-20-16(10-14)18(24)22-12-15-2-1-9-25-15/h3-8,10,15H,1-2,9,11-12H2,(H,21,23)(H,22,24). The van der Waals surface area contributed by atoms with Crippen LogP contribution in [0, 0.1) is 0 Å².